The van der Waals surface area contributed by atoms with E-state index in [-0.39, 0.29) is 27.2 Å². The molecule has 0 fully saturated rings. The standard InChI is InChI=1S/C13H10Cl2N4O3/c14-7-2-1-3-8(15)10(7)19-9(20)6-22-13(21)11-12(16)18-5-4-17-11/h1-5H,6H2,(H2,16,18)(H,19,20). The number of carbonyl (C=O) groups is 2. The lowest BCUT2D eigenvalue weighted by atomic mass is 10.3. The highest BCUT2D eigenvalue weighted by atomic mass is 35.5. The molecule has 9 heteroatoms. The molecule has 0 saturated heterocycles. The van der Waals surface area contributed by atoms with Crippen molar-refractivity contribution in [3.63, 3.8) is 0 Å². The largest absolute Gasteiger partial charge is 0.451 e. The van der Waals surface area contributed by atoms with Crippen molar-refractivity contribution >= 4 is 46.6 Å². The zero-order valence-electron chi connectivity index (χ0n) is 11.0. The van der Waals surface area contributed by atoms with Crippen LogP contribution in [0.2, 0.25) is 10.0 Å². The number of nitrogens with one attached hydrogen (secondary N) is 1. The van der Waals surface area contributed by atoms with Crippen LogP contribution in [0.15, 0.2) is 30.6 Å². The molecular weight excluding hydrogens is 331 g/mol. The Morgan fingerprint density at radius 1 is 1.18 bits per heavy atom. The molecule has 1 amide bonds. The van der Waals surface area contributed by atoms with E-state index < -0.39 is 18.5 Å². The van der Waals surface area contributed by atoms with Crippen LogP contribution < -0.4 is 11.1 Å². The SMILES string of the molecule is Nc1nccnc1C(=O)OCC(=O)Nc1c(Cl)cccc1Cl. The van der Waals surface area contributed by atoms with Crippen LogP contribution in [0.4, 0.5) is 11.5 Å². The van der Waals surface area contributed by atoms with Crippen LogP contribution in [-0.4, -0.2) is 28.5 Å². The molecule has 0 atom stereocenters. The summed E-state index contributed by atoms with van der Waals surface area (Å²) in [6.45, 7) is -0.545. The maximum Gasteiger partial charge on any atom is 0.361 e. The minimum absolute atomic E-state index is 0.0814. The van der Waals surface area contributed by atoms with E-state index in [1.54, 1.807) is 18.2 Å². The van der Waals surface area contributed by atoms with E-state index in [2.05, 4.69) is 15.3 Å². The highest BCUT2D eigenvalue weighted by molar-refractivity contribution is 6.39. The summed E-state index contributed by atoms with van der Waals surface area (Å²) in [5, 5.41) is 2.99. The molecule has 0 radical (unpaired) electrons. The predicted molar refractivity (Wildman–Crippen MR) is 81.8 cm³/mol. The summed E-state index contributed by atoms with van der Waals surface area (Å²) >= 11 is 11.8. The van der Waals surface area contributed by atoms with Crippen molar-refractivity contribution in [1.29, 1.82) is 0 Å². The summed E-state index contributed by atoms with van der Waals surface area (Å²) in [5.41, 5.74) is 5.56. The lowest BCUT2D eigenvalue weighted by molar-refractivity contribution is -0.119. The molecular formula is C13H10Cl2N4O3. The Balaban J connectivity index is 1.96. The van der Waals surface area contributed by atoms with Gasteiger partial charge in [-0.25, -0.2) is 14.8 Å². The lowest BCUT2D eigenvalue weighted by Crippen LogP contribution is -2.22. The Bertz CT molecular complexity index is 704. The summed E-state index contributed by atoms with van der Waals surface area (Å²) in [4.78, 5) is 30.9. The molecule has 3 N–H and O–H groups in total. The normalized spacial score (nSPS) is 10.1. The van der Waals surface area contributed by atoms with Crippen LogP contribution in [0.5, 0.6) is 0 Å². The number of nitrogens with zero attached hydrogens (tertiary/aromatic N) is 2. The number of nitrogen functional groups attached to an aromatic ring is 1. The average molecular weight is 341 g/mol. The molecule has 0 saturated carbocycles. The van der Waals surface area contributed by atoms with Crippen molar-refractivity contribution in [3.05, 3.63) is 46.3 Å². The molecule has 0 aliphatic heterocycles. The smallest absolute Gasteiger partial charge is 0.361 e. The highest BCUT2D eigenvalue weighted by Gasteiger charge is 2.16. The predicted octanol–water partition coefficient (Wildman–Crippen LogP) is 2.16. The van der Waals surface area contributed by atoms with Gasteiger partial charge in [0.2, 0.25) is 0 Å². The van der Waals surface area contributed by atoms with E-state index in [0.717, 1.165) is 0 Å². The molecule has 22 heavy (non-hydrogen) atoms. The van der Waals surface area contributed by atoms with Crippen molar-refractivity contribution in [1.82, 2.24) is 9.97 Å². The maximum absolute atomic E-state index is 11.8. The van der Waals surface area contributed by atoms with Crippen molar-refractivity contribution < 1.29 is 14.3 Å². The van der Waals surface area contributed by atoms with Gasteiger partial charge in [-0.05, 0) is 12.1 Å². The van der Waals surface area contributed by atoms with Gasteiger partial charge in [-0.15, -0.1) is 0 Å². The van der Waals surface area contributed by atoms with Crippen LogP contribution in [0.1, 0.15) is 10.5 Å². The van der Waals surface area contributed by atoms with E-state index in [1.807, 2.05) is 0 Å². The number of rotatable bonds is 4. The maximum atomic E-state index is 11.8. The Kier molecular flexibility index (Phi) is 5.13. The van der Waals surface area contributed by atoms with Crippen molar-refractivity contribution in [2.75, 3.05) is 17.7 Å². The molecule has 1 aromatic carbocycles. The summed E-state index contributed by atoms with van der Waals surface area (Å²) < 4.78 is 4.80. The van der Waals surface area contributed by atoms with Crippen LogP contribution in [0, 0.1) is 0 Å². The van der Waals surface area contributed by atoms with Crippen LogP contribution >= 0.6 is 23.2 Å². The van der Waals surface area contributed by atoms with Gasteiger partial charge in [0.25, 0.3) is 5.91 Å². The molecule has 2 rings (SSSR count). The molecule has 0 aliphatic rings. The molecule has 0 spiro atoms. The molecule has 2 aromatic rings. The van der Waals surface area contributed by atoms with Crippen molar-refractivity contribution in [2.24, 2.45) is 0 Å². The number of anilines is 2. The first kappa shape index (κ1) is 16.0. The third-order valence-electron chi connectivity index (χ3n) is 2.48. The first-order valence-electron chi connectivity index (χ1n) is 5.96. The molecule has 0 aliphatic carbocycles. The average Bonchev–Trinajstić information content (AvgIpc) is 2.49. The third kappa shape index (κ3) is 3.84. The number of esters is 1. The molecule has 7 nitrogen and oxygen atoms in total. The van der Waals surface area contributed by atoms with E-state index in [0.29, 0.717) is 0 Å². The summed E-state index contributed by atoms with van der Waals surface area (Å²) in [6.07, 6.45) is 2.62. The number of benzene rings is 1. The van der Waals surface area contributed by atoms with Crippen molar-refractivity contribution in [2.45, 2.75) is 0 Å². The minimum atomic E-state index is -0.856. The van der Waals surface area contributed by atoms with Gasteiger partial charge in [-0.1, -0.05) is 29.3 Å². The summed E-state index contributed by atoms with van der Waals surface area (Å²) in [5.74, 6) is -1.54. The number of halogens is 2. The summed E-state index contributed by atoms with van der Waals surface area (Å²) in [7, 11) is 0. The molecule has 1 aromatic heterocycles. The van der Waals surface area contributed by atoms with Gasteiger partial charge in [0.15, 0.2) is 18.1 Å². The fourth-order valence-corrected chi connectivity index (χ4v) is 1.99. The monoisotopic (exact) mass is 340 g/mol. The number of amides is 1. The van der Waals surface area contributed by atoms with Crippen LogP contribution in [-0.2, 0) is 9.53 Å². The second-order valence-corrected chi connectivity index (χ2v) is 4.83. The number of ether oxygens (including phenoxy) is 1. The van der Waals surface area contributed by atoms with Gasteiger partial charge in [-0.3, -0.25) is 4.79 Å². The van der Waals surface area contributed by atoms with E-state index in [4.69, 9.17) is 33.7 Å². The lowest BCUT2D eigenvalue weighted by Gasteiger charge is -2.09. The number of hydrogen-bond donors (Lipinski definition) is 2. The minimum Gasteiger partial charge on any atom is -0.451 e. The zero-order valence-corrected chi connectivity index (χ0v) is 12.6. The van der Waals surface area contributed by atoms with Gasteiger partial charge < -0.3 is 15.8 Å². The van der Waals surface area contributed by atoms with Gasteiger partial charge >= 0.3 is 5.97 Å². The quantitative estimate of drug-likeness (QED) is 0.825. The molecule has 1 heterocycles. The van der Waals surface area contributed by atoms with Gasteiger partial charge in [0.1, 0.15) is 0 Å². The second kappa shape index (κ2) is 7.06. The Labute approximate surface area is 135 Å². The molecule has 0 unspecified atom stereocenters. The number of nitrogens with two attached hydrogens (primary N) is 1. The van der Waals surface area contributed by atoms with Crippen LogP contribution in [0.25, 0.3) is 0 Å². The molecule has 114 valence electrons. The Morgan fingerprint density at radius 2 is 1.82 bits per heavy atom. The Morgan fingerprint density at radius 3 is 2.45 bits per heavy atom. The number of carbonyl (C=O) groups excluding carboxylic acids is 2. The zero-order chi connectivity index (χ0) is 16.1. The summed E-state index contributed by atoms with van der Waals surface area (Å²) in [6, 6.07) is 4.77. The van der Waals surface area contributed by atoms with E-state index >= 15 is 0 Å². The van der Waals surface area contributed by atoms with Gasteiger partial charge in [0, 0.05) is 12.4 Å². The van der Waals surface area contributed by atoms with E-state index in [1.165, 1.54) is 12.4 Å². The van der Waals surface area contributed by atoms with Crippen molar-refractivity contribution in [3.8, 4) is 0 Å². The fourth-order valence-electron chi connectivity index (χ4n) is 1.50. The van der Waals surface area contributed by atoms with Gasteiger partial charge in [-0.2, -0.15) is 0 Å². The highest BCUT2D eigenvalue weighted by Crippen LogP contribution is 2.29. The fraction of sp³-hybridized carbons (Fsp3) is 0.0769. The number of hydrogen-bond acceptors (Lipinski definition) is 6. The molecule has 0 bridgehead atoms. The third-order valence-corrected chi connectivity index (χ3v) is 3.11. The second-order valence-electron chi connectivity index (χ2n) is 4.01. The van der Waals surface area contributed by atoms with Gasteiger partial charge in [0.05, 0.1) is 15.7 Å². The number of aromatic nitrogens is 2. The first-order chi connectivity index (χ1) is 10.5. The topological polar surface area (TPSA) is 107 Å². The Hall–Kier alpha value is -2.38. The first-order valence-corrected chi connectivity index (χ1v) is 6.72. The van der Waals surface area contributed by atoms with Crippen LogP contribution in [0.3, 0.4) is 0 Å². The van der Waals surface area contributed by atoms with E-state index in [9.17, 15) is 9.59 Å². The number of para-hydroxylation sites is 1.